The van der Waals surface area contributed by atoms with Gasteiger partial charge in [0, 0.05) is 0 Å². The molecule has 4 N–H and O–H groups in total. The summed E-state index contributed by atoms with van der Waals surface area (Å²) in [6, 6.07) is -0.922. The van der Waals surface area contributed by atoms with E-state index in [0.717, 1.165) is 23.1 Å². The van der Waals surface area contributed by atoms with Gasteiger partial charge in [-0.1, -0.05) is 11.8 Å². The van der Waals surface area contributed by atoms with E-state index in [9.17, 15) is 14.4 Å². The standard InChI is InChI=1S/C9H11N3O4S2/c1-3-5(7(14)15)18-9(11-3)17-4(2)6(13)12-8(10)16/h4H,1-2H3,(H,14,15)(H3,10,12,13,16). The molecule has 0 radical (unpaired) electrons. The zero-order valence-corrected chi connectivity index (χ0v) is 11.2. The van der Waals surface area contributed by atoms with Crippen molar-refractivity contribution < 1.29 is 19.5 Å². The van der Waals surface area contributed by atoms with Crippen molar-refractivity contribution in [1.29, 1.82) is 0 Å². The molecule has 3 amide bonds. The topological polar surface area (TPSA) is 122 Å². The van der Waals surface area contributed by atoms with Crippen molar-refractivity contribution in [1.82, 2.24) is 10.3 Å². The molecule has 0 saturated carbocycles. The summed E-state index contributed by atoms with van der Waals surface area (Å²) in [7, 11) is 0. The molecule has 0 aromatic carbocycles. The first-order chi connectivity index (χ1) is 8.31. The van der Waals surface area contributed by atoms with Crippen LogP contribution in [0.25, 0.3) is 0 Å². The molecule has 98 valence electrons. The number of nitrogens with zero attached hydrogens (tertiary/aromatic N) is 1. The average Bonchev–Trinajstić information content (AvgIpc) is 2.58. The quantitative estimate of drug-likeness (QED) is 0.705. The molecule has 0 aliphatic heterocycles. The monoisotopic (exact) mass is 289 g/mol. The van der Waals surface area contributed by atoms with Gasteiger partial charge in [0.25, 0.3) is 0 Å². The lowest BCUT2D eigenvalue weighted by Crippen LogP contribution is -2.39. The van der Waals surface area contributed by atoms with Gasteiger partial charge in [0.2, 0.25) is 5.91 Å². The van der Waals surface area contributed by atoms with E-state index in [2.05, 4.69) is 4.98 Å². The minimum Gasteiger partial charge on any atom is -0.477 e. The SMILES string of the molecule is Cc1nc(SC(C)C(=O)NC(N)=O)sc1C(=O)O. The van der Waals surface area contributed by atoms with Crippen LogP contribution in [0.3, 0.4) is 0 Å². The zero-order valence-electron chi connectivity index (χ0n) is 9.59. The van der Waals surface area contributed by atoms with Crippen molar-refractivity contribution in [2.24, 2.45) is 5.73 Å². The molecule has 1 aromatic heterocycles. The number of aryl methyl sites for hydroxylation is 1. The van der Waals surface area contributed by atoms with E-state index in [1.165, 1.54) is 0 Å². The van der Waals surface area contributed by atoms with Gasteiger partial charge in [-0.15, -0.1) is 11.3 Å². The molecule has 0 saturated heterocycles. The minimum atomic E-state index is -1.05. The molecule has 0 aliphatic carbocycles. The molecule has 7 nitrogen and oxygen atoms in total. The Kier molecular flexibility index (Phi) is 4.68. The number of hydrogen-bond acceptors (Lipinski definition) is 6. The third-order valence-corrected chi connectivity index (χ3v) is 4.20. The lowest BCUT2D eigenvalue weighted by molar-refractivity contribution is -0.119. The van der Waals surface area contributed by atoms with E-state index in [4.69, 9.17) is 10.8 Å². The predicted molar refractivity (Wildman–Crippen MR) is 66.9 cm³/mol. The van der Waals surface area contributed by atoms with Gasteiger partial charge in [-0.2, -0.15) is 0 Å². The molecule has 1 aromatic rings. The Labute approximate surface area is 111 Å². The molecule has 0 aliphatic rings. The first-order valence-electron chi connectivity index (χ1n) is 4.79. The molecular weight excluding hydrogens is 278 g/mol. The first-order valence-corrected chi connectivity index (χ1v) is 6.48. The molecule has 1 atom stereocenters. The Hall–Kier alpha value is -1.61. The normalized spacial score (nSPS) is 11.9. The highest BCUT2D eigenvalue weighted by Gasteiger charge is 2.20. The van der Waals surface area contributed by atoms with E-state index >= 15 is 0 Å². The van der Waals surface area contributed by atoms with E-state index in [1.54, 1.807) is 13.8 Å². The van der Waals surface area contributed by atoms with Gasteiger partial charge in [0.1, 0.15) is 4.88 Å². The fourth-order valence-electron chi connectivity index (χ4n) is 1.05. The van der Waals surface area contributed by atoms with Crippen LogP contribution in [0.1, 0.15) is 22.3 Å². The molecule has 1 unspecified atom stereocenters. The second-order valence-electron chi connectivity index (χ2n) is 3.31. The molecule has 18 heavy (non-hydrogen) atoms. The van der Waals surface area contributed by atoms with Crippen LogP contribution in [-0.4, -0.2) is 33.2 Å². The van der Waals surface area contributed by atoms with Gasteiger partial charge in [-0.05, 0) is 13.8 Å². The number of amides is 3. The van der Waals surface area contributed by atoms with Gasteiger partial charge in [0.15, 0.2) is 4.34 Å². The Balaban J connectivity index is 2.73. The minimum absolute atomic E-state index is 0.139. The van der Waals surface area contributed by atoms with Gasteiger partial charge in [-0.3, -0.25) is 10.1 Å². The number of carboxylic acid groups (broad SMARTS) is 1. The first kappa shape index (κ1) is 14.5. The van der Waals surface area contributed by atoms with Gasteiger partial charge in [-0.25, -0.2) is 14.6 Å². The number of aromatic carboxylic acids is 1. The number of thioether (sulfide) groups is 1. The van der Waals surface area contributed by atoms with Crippen LogP contribution < -0.4 is 11.1 Å². The van der Waals surface area contributed by atoms with Crippen molar-refractivity contribution in [3.8, 4) is 0 Å². The number of hydrogen-bond donors (Lipinski definition) is 3. The third kappa shape index (κ3) is 3.70. The summed E-state index contributed by atoms with van der Waals surface area (Å²) in [4.78, 5) is 36.9. The Morgan fingerprint density at radius 3 is 2.56 bits per heavy atom. The fourth-order valence-corrected chi connectivity index (χ4v) is 3.22. The number of carbonyl (C=O) groups is 3. The number of primary amides is 1. The van der Waals surface area contributed by atoms with Crippen molar-refractivity contribution in [3.05, 3.63) is 10.6 Å². The molecule has 1 rings (SSSR count). The third-order valence-electron chi connectivity index (χ3n) is 1.86. The molecule has 0 bridgehead atoms. The van der Waals surface area contributed by atoms with Gasteiger partial charge < -0.3 is 10.8 Å². The molecule has 0 spiro atoms. The number of aromatic nitrogens is 1. The average molecular weight is 289 g/mol. The number of urea groups is 1. The summed E-state index contributed by atoms with van der Waals surface area (Å²) < 4.78 is 0.456. The molecule has 1 heterocycles. The number of thiazole rings is 1. The molecule has 9 heteroatoms. The maximum atomic E-state index is 11.4. The van der Waals surface area contributed by atoms with Crippen LogP contribution in [0.4, 0.5) is 4.79 Å². The Bertz CT molecular complexity index is 500. The van der Waals surface area contributed by atoms with Crippen LogP contribution in [0.2, 0.25) is 0 Å². The maximum Gasteiger partial charge on any atom is 0.347 e. The summed E-state index contributed by atoms with van der Waals surface area (Å²) in [6.07, 6.45) is 0. The number of nitrogens with one attached hydrogen (secondary N) is 1. The largest absolute Gasteiger partial charge is 0.477 e. The van der Waals surface area contributed by atoms with E-state index in [1.807, 2.05) is 5.32 Å². The van der Waals surface area contributed by atoms with Crippen molar-refractivity contribution in [3.63, 3.8) is 0 Å². The van der Waals surface area contributed by atoms with E-state index < -0.39 is 23.2 Å². The molecule has 0 fully saturated rings. The maximum absolute atomic E-state index is 11.4. The van der Waals surface area contributed by atoms with E-state index in [0.29, 0.717) is 10.0 Å². The predicted octanol–water partition coefficient (Wildman–Crippen LogP) is 0.825. The Morgan fingerprint density at radius 1 is 1.50 bits per heavy atom. The van der Waals surface area contributed by atoms with Crippen molar-refractivity contribution >= 4 is 41.0 Å². The summed E-state index contributed by atoms with van der Waals surface area (Å²) >= 11 is 2.06. The summed E-state index contributed by atoms with van der Waals surface area (Å²) in [5.41, 5.74) is 5.22. The number of imide groups is 1. The number of rotatable bonds is 4. The summed E-state index contributed by atoms with van der Waals surface area (Å²) in [5, 5.41) is 10.2. The van der Waals surface area contributed by atoms with Crippen molar-refractivity contribution in [2.75, 3.05) is 0 Å². The lowest BCUT2D eigenvalue weighted by atomic mass is 10.4. The highest BCUT2D eigenvalue weighted by Crippen LogP contribution is 2.30. The van der Waals surface area contributed by atoms with Gasteiger partial charge >= 0.3 is 12.0 Å². The van der Waals surface area contributed by atoms with E-state index in [-0.39, 0.29) is 4.88 Å². The second-order valence-corrected chi connectivity index (χ2v) is 5.90. The van der Waals surface area contributed by atoms with Crippen LogP contribution in [0.15, 0.2) is 4.34 Å². The number of carbonyl (C=O) groups excluding carboxylic acids is 2. The highest BCUT2D eigenvalue weighted by molar-refractivity contribution is 8.02. The van der Waals surface area contributed by atoms with Gasteiger partial charge in [0.05, 0.1) is 10.9 Å². The zero-order chi connectivity index (χ0) is 13.9. The molecular formula is C9H11N3O4S2. The Morgan fingerprint density at radius 2 is 2.11 bits per heavy atom. The highest BCUT2D eigenvalue weighted by atomic mass is 32.2. The van der Waals surface area contributed by atoms with Crippen LogP contribution in [0, 0.1) is 6.92 Å². The summed E-state index contributed by atoms with van der Waals surface area (Å²) in [6.45, 7) is 3.15. The number of nitrogens with two attached hydrogens (primary N) is 1. The van der Waals surface area contributed by atoms with Crippen LogP contribution >= 0.6 is 23.1 Å². The van der Waals surface area contributed by atoms with Crippen molar-refractivity contribution in [2.45, 2.75) is 23.4 Å². The second kappa shape index (κ2) is 5.83. The summed E-state index contributed by atoms with van der Waals surface area (Å²) in [5.74, 6) is -1.59. The smallest absolute Gasteiger partial charge is 0.347 e. The lowest BCUT2D eigenvalue weighted by Gasteiger charge is -2.07. The van der Waals surface area contributed by atoms with Crippen LogP contribution in [-0.2, 0) is 4.79 Å². The fraction of sp³-hybridized carbons (Fsp3) is 0.333. The van der Waals surface area contributed by atoms with Crippen LogP contribution in [0.5, 0.6) is 0 Å². The number of carboxylic acids is 1.